The number of hydrogen-bond donors (Lipinski definition) is 2. The first-order chi connectivity index (χ1) is 9.56. The Bertz CT molecular complexity index is 517. The standard InChI is InChI=1S/C16H21FN2O/c1-9(10-3-2-4-13(17)8-10)19-16(20)14-11-5-6-12(7-11)15(14)18/h2-4,8-9,11-12,14-15H,5-7,18H2,1H3,(H,19,20)/t9-,11?,12?,14?,15?/m1/s1. The summed E-state index contributed by atoms with van der Waals surface area (Å²) in [4.78, 5) is 12.4. The largest absolute Gasteiger partial charge is 0.349 e. The fraction of sp³-hybridized carbons (Fsp3) is 0.562. The number of nitrogens with one attached hydrogen (secondary N) is 1. The van der Waals surface area contributed by atoms with Crippen LogP contribution in [0.1, 0.15) is 37.8 Å². The minimum absolute atomic E-state index is 0.00606. The summed E-state index contributed by atoms with van der Waals surface area (Å²) in [7, 11) is 0. The maximum Gasteiger partial charge on any atom is 0.225 e. The average Bonchev–Trinajstić information content (AvgIpc) is 2.99. The van der Waals surface area contributed by atoms with Crippen molar-refractivity contribution >= 4 is 5.91 Å². The molecule has 0 heterocycles. The van der Waals surface area contributed by atoms with E-state index in [-0.39, 0.29) is 29.7 Å². The highest BCUT2D eigenvalue weighted by atomic mass is 19.1. The molecule has 0 spiro atoms. The van der Waals surface area contributed by atoms with E-state index in [4.69, 9.17) is 5.73 Å². The van der Waals surface area contributed by atoms with Crippen LogP contribution >= 0.6 is 0 Å². The van der Waals surface area contributed by atoms with E-state index in [2.05, 4.69) is 5.32 Å². The number of halogens is 1. The van der Waals surface area contributed by atoms with E-state index in [9.17, 15) is 9.18 Å². The maximum atomic E-state index is 13.2. The molecule has 0 radical (unpaired) electrons. The van der Waals surface area contributed by atoms with Gasteiger partial charge in [0.25, 0.3) is 0 Å². The van der Waals surface area contributed by atoms with E-state index in [0.29, 0.717) is 11.8 Å². The van der Waals surface area contributed by atoms with Gasteiger partial charge in [0.15, 0.2) is 0 Å². The fourth-order valence-electron chi connectivity index (χ4n) is 3.89. The van der Waals surface area contributed by atoms with Crippen LogP contribution in [-0.4, -0.2) is 11.9 Å². The third kappa shape index (κ3) is 2.33. The summed E-state index contributed by atoms with van der Waals surface area (Å²) < 4.78 is 13.2. The summed E-state index contributed by atoms with van der Waals surface area (Å²) in [6.45, 7) is 1.88. The van der Waals surface area contributed by atoms with Gasteiger partial charge in [-0.25, -0.2) is 4.39 Å². The molecule has 1 amide bonds. The molecule has 2 saturated carbocycles. The van der Waals surface area contributed by atoms with E-state index in [1.165, 1.54) is 12.1 Å². The van der Waals surface area contributed by atoms with Crippen molar-refractivity contribution in [2.75, 3.05) is 0 Å². The Balaban J connectivity index is 1.67. The molecule has 2 bridgehead atoms. The summed E-state index contributed by atoms with van der Waals surface area (Å²) in [5.41, 5.74) is 6.97. The molecule has 3 nitrogen and oxygen atoms in total. The van der Waals surface area contributed by atoms with Crippen molar-refractivity contribution in [1.82, 2.24) is 5.32 Å². The van der Waals surface area contributed by atoms with Crippen LogP contribution < -0.4 is 11.1 Å². The lowest BCUT2D eigenvalue weighted by molar-refractivity contribution is -0.127. The van der Waals surface area contributed by atoms with Crippen LogP contribution in [0.4, 0.5) is 4.39 Å². The SMILES string of the molecule is C[C@@H](NC(=O)C1C2CCC(C2)C1N)c1cccc(F)c1. The normalized spacial score (nSPS) is 33.1. The van der Waals surface area contributed by atoms with Crippen molar-refractivity contribution in [2.24, 2.45) is 23.5 Å². The van der Waals surface area contributed by atoms with Crippen LogP contribution in [-0.2, 0) is 4.79 Å². The lowest BCUT2D eigenvalue weighted by Crippen LogP contribution is -2.45. The first kappa shape index (κ1) is 13.6. The van der Waals surface area contributed by atoms with E-state index in [1.54, 1.807) is 6.07 Å². The molecule has 1 aromatic rings. The second-order valence-corrected chi connectivity index (χ2v) is 6.22. The highest BCUT2D eigenvalue weighted by Crippen LogP contribution is 2.47. The maximum absolute atomic E-state index is 13.2. The number of rotatable bonds is 3. The highest BCUT2D eigenvalue weighted by molar-refractivity contribution is 5.80. The molecule has 4 unspecified atom stereocenters. The molecule has 108 valence electrons. The van der Waals surface area contributed by atoms with Crippen LogP contribution in [0.2, 0.25) is 0 Å². The summed E-state index contributed by atoms with van der Waals surface area (Å²) in [5, 5.41) is 3.00. The number of carbonyl (C=O) groups excluding carboxylic acids is 1. The molecule has 2 fully saturated rings. The smallest absolute Gasteiger partial charge is 0.225 e. The van der Waals surface area contributed by atoms with Gasteiger partial charge in [0.2, 0.25) is 5.91 Å². The molecule has 0 aliphatic heterocycles. The van der Waals surface area contributed by atoms with Crippen molar-refractivity contribution in [2.45, 2.75) is 38.3 Å². The van der Waals surface area contributed by atoms with Crippen molar-refractivity contribution < 1.29 is 9.18 Å². The molecule has 0 saturated heterocycles. The zero-order valence-electron chi connectivity index (χ0n) is 11.7. The number of hydrogen-bond acceptors (Lipinski definition) is 2. The molecule has 3 rings (SSSR count). The summed E-state index contributed by atoms with van der Waals surface area (Å²) in [6, 6.07) is 6.17. The Morgan fingerprint density at radius 1 is 1.40 bits per heavy atom. The van der Waals surface area contributed by atoms with Gasteiger partial charge in [-0.1, -0.05) is 12.1 Å². The molecule has 3 N–H and O–H groups in total. The third-order valence-electron chi connectivity index (χ3n) is 4.99. The topological polar surface area (TPSA) is 55.1 Å². The molecule has 2 aliphatic carbocycles. The third-order valence-corrected chi connectivity index (χ3v) is 4.99. The van der Waals surface area contributed by atoms with Gasteiger partial charge in [0.05, 0.1) is 12.0 Å². The van der Waals surface area contributed by atoms with E-state index in [1.807, 2.05) is 13.0 Å². The minimum atomic E-state index is -0.278. The predicted octanol–water partition coefficient (Wildman–Crippen LogP) is 2.38. The van der Waals surface area contributed by atoms with Gasteiger partial charge in [0, 0.05) is 6.04 Å². The zero-order chi connectivity index (χ0) is 14.3. The van der Waals surface area contributed by atoms with Crippen LogP contribution in [0.3, 0.4) is 0 Å². The van der Waals surface area contributed by atoms with Crippen molar-refractivity contribution in [1.29, 1.82) is 0 Å². The quantitative estimate of drug-likeness (QED) is 0.890. The highest BCUT2D eigenvalue weighted by Gasteiger charge is 2.49. The molecule has 5 atom stereocenters. The summed E-state index contributed by atoms with van der Waals surface area (Å²) >= 11 is 0. The molecular weight excluding hydrogens is 255 g/mol. The average molecular weight is 276 g/mol. The number of nitrogens with two attached hydrogens (primary N) is 1. The molecular formula is C16H21FN2O. The van der Waals surface area contributed by atoms with Crippen LogP contribution in [0.5, 0.6) is 0 Å². The van der Waals surface area contributed by atoms with Crippen molar-refractivity contribution in [3.05, 3.63) is 35.6 Å². The molecule has 2 aliphatic rings. The van der Waals surface area contributed by atoms with Gasteiger partial charge >= 0.3 is 0 Å². The Kier molecular flexibility index (Phi) is 3.50. The van der Waals surface area contributed by atoms with Gasteiger partial charge in [0.1, 0.15) is 5.82 Å². The van der Waals surface area contributed by atoms with Crippen LogP contribution in [0.15, 0.2) is 24.3 Å². The lowest BCUT2D eigenvalue weighted by atomic mass is 9.84. The first-order valence-electron chi connectivity index (χ1n) is 7.37. The Morgan fingerprint density at radius 3 is 2.80 bits per heavy atom. The number of benzene rings is 1. The van der Waals surface area contributed by atoms with Crippen molar-refractivity contribution in [3.63, 3.8) is 0 Å². The minimum Gasteiger partial charge on any atom is -0.349 e. The van der Waals surface area contributed by atoms with Gasteiger partial charge < -0.3 is 11.1 Å². The van der Waals surface area contributed by atoms with Gasteiger partial charge in [-0.3, -0.25) is 4.79 Å². The van der Waals surface area contributed by atoms with E-state index >= 15 is 0 Å². The molecule has 20 heavy (non-hydrogen) atoms. The second kappa shape index (κ2) is 5.17. The number of carbonyl (C=O) groups is 1. The fourth-order valence-corrected chi connectivity index (χ4v) is 3.89. The molecule has 4 heteroatoms. The van der Waals surface area contributed by atoms with E-state index < -0.39 is 0 Å². The van der Waals surface area contributed by atoms with Crippen LogP contribution in [0.25, 0.3) is 0 Å². The van der Waals surface area contributed by atoms with Gasteiger partial charge in [-0.15, -0.1) is 0 Å². The Morgan fingerprint density at radius 2 is 2.15 bits per heavy atom. The Hall–Kier alpha value is -1.42. The summed E-state index contributed by atoms with van der Waals surface area (Å²) in [5.74, 6) is 0.640. The zero-order valence-corrected chi connectivity index (χ0v) is 11.7. The lowest BCUT2D eigenvalue weighted by Gasteiger charge is -2.28. The first-order valence-corrected chi connectivity index (χ1v) is 7.37. The molecule has 0 aromatic heterocycles. The van der Waals surface area contributed by atoms with Gasteiger partial charge in [-0.2, -0.15) is 0 Å². The van der Waals surface area contributed by atoms with E-state index in [0.717, 1.165) is 24.8 Å². The Labute approximate surface area is 118 Å². The summed E-state index contributed by atoms with van der Waals surface area (Å²) in [6.07, 6.45) is 3.37. The van der Waals surface area contributed by atoms with Gasteiger partial charge in [-0.05, 0) is 55.7 Å². The number of amides is 1. The predicted molar refractivity (Wildman–Crippen MR) is 75.3 cm³/mol. The number of fused-ring (bicyclic) bond motifs is 2. The van der Waals surface area contributed by atoms with Crippen LogP contribution in [0, 0.1) is 23.6 Å². The molecule has 1 aromatic carbocycles. The van der Waals surface area contributed by atoms with Crippen molar-refractivity contribution in [3.8, 4) is 0 Å². The monoisotopic (exact) mass is 276 g/mol. The second-order valence-electron chi connectivity index (χ2n) is 6.22.